The second kappa shape index (κ2) is 7.34. The van der Waals surface area contributed by atoms with Crippen LogP contribution in [0.4, 0.5) is 17.2 Å². The number of carbonyl (C=O) groups excluding carboxylic acids is 1. The second-order valence-electron chi connectivity index (χ2n) is 5.73. The fraction of sp³-hybridized carbons (Fsp3) is 0. The van der Waals surface area contributed by atoms with Crippen molar-refractivity contribution in [2.75, 3.05) is 10.6 Å². The van der Waals surface area contributed by atoms with Gasteiger partial charge in [0.1, 0.15) is 11.9 Å². The van der Waals surface area contributed by atoms with E-state index in [-0.39, 0.29) is 16.2 Å². The van der Waals surface area contributed by atoms with Gasteiger partial charge in [-0.1, -0.05) is 22.8 Å². The minimum absolute atomic E-state index is 0.148. The van der Waals surface area contributed by atoms with Crippen LogP contribution in [-0.2, 0) is 0 Å². The third kappa shape index (κ3) is 3.34. The number of nitrogens with one attached hydrogen (secondary N) is 2. The van der Waals surface area contributed by atoms with Gasteiger partial charge in [0.05, 0.1) is 40.1 Å². The SMILES string of the molecule is N#Cc1cccc(Nc2noc3c(C(=O)Nc4cncnc4)c(Cl)ccc23)c1. The number of nitriles is 1. The molecule has 9 heteroatoms. The quantitative estimate of drug-likeness (QED) is 0.537. The van der Waals surface area contributed by atoms with Crippen LogP contribution in [0.2, 0.25) is 5.02 Å². The van der Waals surface area contributed by atoms with Crippen LogP contribution in [0.1, 0.15) is 15.9 Å². The highest BCUT2D eigenvalue weighted by molar-refractivity contribution is 6.36. The molecule has 2 N–H and O–H groups in total. The lowest BCUT2D eigenvalue weighted by atomic mass is 10.1. The summed E-state index contributed by atoms with van der Waals surface area (Å²) in [5.41, 5.74) is 1.98. The monoisotopic (exact) mass is 390 g/mol. The first-order valence-electron chi connectivity index (χ1n) is 8.07. The van der Waals surface area contributed by atoms with Gasteiger partial charge < -0.3 is 15.2 Å². The molecule has 0 aliphatic carbocycles. The number of nitrogens with zero attached hydrogens (tertiary/aromatic N) is 4. The lowest BCUT2D eigenvalue weighted by molar-refractivity contribution is 0.102. The molecule has 0 saturated carbocycles. The molecule has 0 aliphatic rings. The van der Waals surface area contributed by atoms with Gasteiger partial charge in [-0.3, -0.25) is 4.79 Å². The summed E-state index contributed by atoms with van der Waals surface area (Å²) >= 11 is 6.24. The molecule has 8 nitrogen and oxygen atoms in total. The molecule has 0 radical (unpaired) electrons. The zero-order chi connectivity index (χ0) is 19.5. The minimum atomic E-state index is -0.473. The smallest absolute Gasteiger partial charge is 0.261 e. The summed E-state index contributed by atoms with van der Waals surface area (Å²) < 4.78 is 5.39. The summed E-state index contributed by atoms with van der Waals surface area (Å²) in [4.78, 5) is 20.4. The van der Waals surface area contributed by atoms with Crippen LogP contribution in [0, 0.1) is 11.3 Å². The molecule has 28 heavy (non-hydrogen) atoms. The van der Waals surface area contributed by atoms with Crippen LogP contribution >= 0.6 is 11.6 Å². The first kappa shape index (κ1) is 17.5. The number of halogens is 1. The molecule has 4 rings (SSSR count). The van der Waals surface area contributed by atoms with Gasteiger partial charge >= 0.3 is 0 Å². The maximum Gasteiger partial charge on any atom is 0.261 e. The van der Waals surface area contributed by atoms with Crippen LogP contribution in [-0.4, -0.2) is 21.0 Å². The third-order valence-corrected chi connectivity index (χ3v) is 4.21. The van der Waals surface area contributed by atoms with Gasteiger partial charge in [-0.15, -0.1) is 0 Å². The van der Waals surface area contributed by atoms with E-state index in [1.807, 2.05) is 0 Å². The number of hydrogen-bond acceptors (Lipinski definition) is 7. The highest BCUT2D eigenvalue weighted by Crippen LogP contribution is 2.32. The Morgan fingerprint density at radius 3 is 2.75 bits per heavy atom. The Labute approximate surface area is 163 Å². The van der Waals surface area contributed by atoms with E-state index in [9.17, 15) is 4.79 Å². The van der Waals surface area contributed by atoms with E-state index >= 15 is 0 Å². The van der Waals surface area contributed by atoms with Crippen molar-refractivity contribution in [3.05, 3.63) is 71.3 Å². The van der Waals surface area contributed by atoms with Crippen molar-refractivity contribution < 1.29 is 9.32 Å². The largest absolute Gasteiger partial charge is 0.353 e. The number of benzene rings is 2. The summed E-state index contributed by atoms with van der Waals surface area (Å²) in [7, 11) is 0. The second-order valence-corrected chi connectivity index (χ2v) is 6.14. The zero-order valence-corrected chi connectivity index (χ0v) is 14.9. The number of anilines is 3. The molecule has 2 aromatic heterocycles. The summed E-state index contributed by atoms with van der Waals surface area (Å²) in [6.45, 7) is 0. The summed E-state index contributed by atoms with van der Waals surface area (Å²) in [5, 5.41) is 19.6. The van der Waals surface area contributed by atoms with Gasteiger partial charge in [0, 0.05) is 5.69 Å². The molecule has 0 fully saturated rings. The van der Waals surface area contributed by atoms with Crippen molar-refractivity contribution in [3.8, 4) is 6.07 Å². The van der Waals surface area contributed by atoms with Gasteiger partial charge in [0.2, 0.25) is 0 Å². The van der Waals surface area contributed by atoms with Gasteiger partial charge in [0.15, 0.2) is 11.4 Å². The Balaban J connectivity index is 1.70. The molecule has 2 aromatic carbocycles. The molecule has 4 aromatic rings. The summed E-state index contributed by atoms with van der Waals surface area (Å²) in [6.07, 6.45) is 4.29. The molecule has 0 aliphatic heterocycles. The van der Waals surface area contributed by atoms with E-state index in [2.05, 4.69) is 31.8 Å². The van der Waals surface area contributed by atoms with Gasteiger partial charge in [-0.25, -0.2) is 9.97 Å². The van der Waals surface area contributed by atoms with Gasteiger partial charge in [-0.2, -0.15) is 5.26 Å². The Hall–Kier alpha value is -3.96. The number of fused-ring (bicyclic) bond motifs is 1. The Kier molecular flexibility index (Phi) is 4.58. The maximum atomic E-state index is 12.7. The standard InChI is InChI=1S/C19H11ClN6O2/c20-15-5-4-14-17(16(15)19(27)25-13-8-22-10-23-9-13)28-26-18(14)24-12-3-1-2-11(6-12)7-21/h1-6,8-10H,(H,24,26)(H,25,27). The van der Waals surface area contributed by atoms with Crippen LogP contribution in [0.5, 0.6) is 0 Å². The lowest BCUT2D eigenvalue weighted by Gasteiger charge is -2.07. The lowest BCUT2D eigenvalue weighted by Crippen LogP contribution is -2.13. The molecule has 2 heterocycles. The fourth-order valence-electron chi connectivity index (χ4n) is 2.64. The molecule has 1 amide bonds. The van der Waals surface area contributed by atoms with Crippen molar-refractivity contribution in [1.82, 2.24) is 15.1 Å². The Morgan fingerprint density at radius 1 is 1.14 bits per heavy atom. The topological polar surface area (TPSA) is 117 Å². The third-order valence-electron chi connectivity index (χ3n) is 3.89. The normalized spacial score (nSPS) is 10.4. The molecule has 0 atom stereocenters. The Bertz CT molecular complexity index is 1220. The van der Waals surface area contributed by atoms with Crippen molar-refractivity contribution >= 4 is 45.7 Å². The van der Waals surface area contributed by atoms with Crippen LogP contribution in [0.25, 0.3) is 11.0 Å². The summed E-state index contributed by atoms with van der Waals surface area (Å²) in [6, 6.07) is 12.3. The maximum absolute atomic E-state index is 12.7. The van der Waals surface area contributed by atoms with Crippen LogP contribution in [0.3, 0.4) is 0 Å². The molecule has 0 unspecified atom stereocenters. The fourth-order valence-corrected chi connectivity index (χ4v) is 2.88. The zero-order valence-electron chi connectivity index (χ0n) is 14.2. The molecule has 0 spiro atoms. The highest BCUT2D eigenvalue weighted by atomic mass is 35.5. The highest BCUT2D eigenvalue weighted by Gasteiger charge is 2.21. The Morgan fingerprint density at radius 2 is 1.96 bits per heavy atom. The van der Waals surface area contributed by atoms with Crippen LogP contribution in [0.15, 0.2) is 59.6 Å². The van der Waals surface area contributed by atoms with E-state index in [0.29, 0.717) is 28.1 Å². The van der Waals surface area contributed by atoms with E-state index in [1.165, 1.54) is 18.7 Å². The predicted octanol–water partition coefficient (Wildman–Crippen LogP) is 4.14. The van der Waals surface area contributed by atoms with E-state index < -0.39 is 5.91 Å². The average Bonchev–Trinajstić information content (AvgIpc) is 3.11. The van der Waals surface area contributed by atoms with Gasteiger partial charge in [-0.05, 0) is 30.3 Å². The molecular formula is C19H11ClN6O2. The van der Waals surface area contributed by atoms with Crippen molar-refractivity contribution in [3.63, 3.8) is 0 Å². The molecular weight excluding hydrogens is 380 g/mol. The molecule has 0 bridgehead atoms. The van der Waals surface area contributed by atoms with E-state index in [4.69, 9.17) is 21.4 Å². The van der Waals surface area contributed by atoms with E-state index in [1.54, 1.807) is 36.4 Å². The van der Waals surface area contributed by atoms with Crippen LogP contribution < -0.4 is 10.6 Å². The van der Waals surface area contributed by atoms with Crippen molar-refractivity contribution in [2.24, 2.45) is 0 Å². The predicted molar refractivity (Wildman–Crippen MR) is 103 cm³/mol. The minimum Gasteiger partial charge on any atom is -0.353 e. The average molecular weight is 391 g/mol. The number of amides is 1. The number of carbonyl (C=O) groups is 1. The number of rotatable bonds is 4. The first-order chi connectivity index (χ1) is 13.7. The van der Waals surface area contributed by atoms with E-state index in [0.717, 1.165) is 0 Å². The summed E-state index contributed by atoms with van der Waals surface area (Å²) in [5.74, 6) is -0.0709. The number of aromatic nitrogens is 3. The van der Waals surface area contributed by atoms with Gasteiger partial charge in [0.25, 0.3) is 5.91 Å². The molecule has 136 valence electrons. The number of hydrogen-bond donors (Lipinski definition) is 2. The van der Waals surface area contributed by atoms with Crippen molar-refractivity contribution in [2.45, 2.75) is 0 Å². The van der Waals surface area contributed by atoms with Crippen molar-refractivity contribution in [1.29, 1.82) is 5.26 Å². The first-order valence-corrected chi connectivity index (χ1v) is 8.45. The molecule has 0 saturated heterocycles.